The third-order valence-electron chi connectivity index (χ3n) is 1.43. The van der Waals surface area contributed by atoms with Gasteiger partial charge in [-0.1, -0.05) is 13.3 Å². The predicted molar refractivity (Wildman–Crippen MR) is 47.4 cm³/mol. The Bertz CT molecular complexity index is 285. The van der Waals surface area contributed by atoms with Crippen LogP contribution in [0.15, 0.2) is 6.07 Å². The molecule has 0 unspecified atom stereocenters. The largest absolute Gasteiger partial charge is 0.461 e. The van der Waals surface area contributed by atoms with E-state index in [2.05, 4.69) is 4.37 Å². The number of hydrogen-bond acceptors (Lipinski definition) is 4. The van der Waals surface area contributed by atoms with Gasteiger partial charge < -0.3 is 4.74 Å². The van der Waals surface area contributed by atoms with Gasteiger partial charge >= 0.3 is 5.97 Å². The van der Waals surface area contributed by atoms with Crippen LogP contribution in [0.1, 0.15) is 30.3 Å². The molecule has 0 saturated heterocycles. The molecule has 0 amide bonds. The topological polar surface area (TPSA) is 59.1 Å². The fourth-order valence-corrected chi connectivity index (χ4v) is 1.22. The minimum absolute atomic E-state index is 0.117. The lowest BCUT2D eigenvalue weighted by atomic mass is 10.3. The minimum Gasteiger partial charge on any atom is -0.461 e. The molecule has 0 saturated carbocycles. The van der Waals surface area contributed by atoms with E-state index in [1.54, 1.807) is 0 Å². The number of unbranched alkanes of at least 4 members (excludes halogenated alkanes) is 1. The summed E-state index contributed by atoms with van der Waals surface area (Å²) in [7, 11) is 0. The number of carbonyl (C=O) groups is 1. The quantitative estimate of drug-likeness (QED) is 0.553. The molecule has 0 fully saturated rings. The van der Waals surface area contributed by atoms with Gasteiger partial charge in [0.2, 0.25) is 0 Å². The molecule has 0 spiro atoms. The Morgan fingerprint density at radius 3 is 3.00 bits per heavy atom. The van der Waals surface area contributed by atoms with Gasteiger partial charge in [0, 0.05) is 17.6 Å². The molecular weight excluding hydrogens is 190 g/mol. The lowest BCUT2D eigenvalue weighted by Gasteiger charge is -1.99. The average molecular weight is 200 g/mol. The first-order valence-electron chi connectivity index (χ1n) is 4.05. The zero-order chi connectivity index (χ0) is 9.68. The van der Waals surface area contributed by atoms with Crippen LogP contribution in [0.25, 0.3) is 0 Å². The number of rotatable bonds is 4. The first-order chi connectivity index (χ1) is 6.24. The number of hydrogen-bond donors (Lipinski definition) is 0. The van der Waals surface area contributed by atoms with E-state index in [0.29, 0.717) is 6.61 Å². The van der Waals surface area contributed by atoms with Crippen LogP contribution in [-0.2, 0) is 9.84 Å². The first-order valence-corrected chi connectivity index (χ1v) is 4.82. The molecule has 0 aliphatic rings. The highest BCUT2D eigenvalue weighted by Crippen LogP contribution is 2.17. The van der Waals surface area contributed by atoms with Crippen molar-refractivity contribution in [1.29, 1.82) is 0 Å². The maximum absolute atomic E-state index is 11.1. The smallest absolute Gasteiger partial charge is 0.358 e. The van der Waals surface area contributed by atoms with Gasteiger partial charge in [-0.05, 0) is 6.42 Å². The molecule has 1 aromatic rings. The van der Waals surface area contributed by atoms with Gasteiger partial charge in [0.15, 0.2) is 5.69 Å². The Kier molecular flexibility index (Phi) is 3.70. The van der Waals surface area contributed by atoms with Gasteiger partial charge in [-0.15, -0.1) is 0 Å². The Morgan fingerprint density at radius 2 is 2.46 bits per heavy atom. The molecule has 0 aromatic carbocycles. The van der Waals surface area contributed by atoms with Crippen molar-refractivity contribution < 1.29 is 14.6 Å². The fourth-order valence-electron chi connectivity index (χ4n) is 0.738. The summed E-state index contributed by atoms with van der Waals surface area (Å²) in [6, 6.07) is 1.19. The van der Waals surface area contributed by atoms with Gasteiger partial charge in [0.25, 0.3) is 5.06 Å². The van der Waals surface area contributed by atoms with Crippen LogP contribution in [0, 0.1) is 0 Å². The molecule has 13 heavy (non-hydrogen) atoms. The number of nitrogens with zero attached hydrogens (tertiary/aromatic N) is 1. The molecule has 0 N–H and O–H groups in total. The second-order valence-corrected chi connectivity index (χ2v) is 3.29. The van der Waals surface area contributed by atoms with Crippen LogP contribution < -0.4 is 0 Å². The van der Waals surface area contributed by atoms with Crippen molar-refractivity contribution in [2.75, 3.05) is 6.61 Å². The van der Waals surface area contributed by atoms with Gasteiger partial charge in [-0.2, -0.15) is 4.37 Å². The van der Waals surface area contributed by atoms with Crippen LogP contribution >= 0.6 is 11.5 Å². The summed E-state index contributed by atoms with van der Waals surface area (Å²) in [5.41, 5.74) is 0.117. The van der Waals surface area contributed by atoms with Crippen molar-refractivity contribution in [3.05, 3.63) is 11.8 Å². The van der Waals surface area contributed by atoms with Gasteiger partial charge in [-0.25, -0.2) is 4.79 Å². The summed E-state index contributed by atoms with van der Waals surface area (Å²) in [5, 5.41) is 10.5. The highest BCUT2D eigenvalue weighted by molar-refractivity contribution is 7.07. The van der Waals surface area contributed by atoms with Crippen LogP contribution in [-0.4, -0.2) is 16.9 Å². The summed E-state index contributed by atoms with van der Waals surface area (Å²) in [5.74, 6) is -0.508. The number of aromatic nitrogens is 1. The third-order valence-corrected chi connectivity index (χ3v) is 2.01. The van der Waals surface area contributed by atoms with Gasteiger partial charge in [0.1, 0.15) is 0 Å². The van der Waals surface area contributed by atoms with E-state index in [4.69, 9.17) is 4.74 Å². The normalized spacial score (nSPS) is 9.92. The molecule has 5 heteroatoms. The summed E-state index contributed by atoms with van der Waals surface area (Å²) in [6.07, 6.45) is 1.80. The van der Waals surface area contributed by atoms with E-state index in [1.807, 2.05) is 6.92 Å². The molecule has 1 rings (SSSR count). The second-order valence-electron chi connectivity index (χ2n) is 2.52. The molecule has 1 heterocycles. The molecule has 0 atom stereocenters. The zero-order valence-electron chi connectivity index (χ0n) is 7.28. The monoisotopic (exact) mass is 200 g/mol. The van der Waals surface area contributed by atoms with Crippen LogP contribution in [0.5, 0.6) is 5.06 Å². The lowest BCUT2D eigenvalue weighted by Crippen LogP contribution is -2.06. The number of ether oxygens (including phenoxy) is 1. The van der Waals surface area contributed by atoms with E-state index in [9.17, 15) is 9.90 Å². The van der Waals surface area contributed by atoms with Crippen molar-refractivity contribution in [3.8, 4) is 5.06 Å². The van der Waals surface area contributed by atoms with Crippen molar-refractivity contribution in [1.82, 2.24) is 4.37 Å². The summed E-state index contributed by atoms with van der Waals surface area (Å²) in [6.45, 7) is 2.40. The molecule has 1 aromatic heterocycles. The van der Waals surface area contributed by atoms with Crippen LogP contribution in [0.4, 0.5) is 0 Å². The molecule has 0 aliphatic heterocycles. The minimum atomic E-state index is -0.508. The standard InChI is InChI=1S/C8H10NO3S/c1-2-3-4-12-8(11)6-5-7(10)13-9-6/h5H,2-4H2,1H3. The lowest BCUT2D eigenvalue weighted by molar-refractivity contribution is 0.0494. The van der Waals surface area contributed by atoms with Gasteiger partial charge in [-0.3, -0.25) is 5.11 Å². The summed E-state index contributed by atoms with van der Waals surface area (Å²) in [4.78, 5) is 11.1. The highest BCUT2D eigenvalue weighted by atomic mass is 32.1. The summed E-state index contributed by atoms with van der Waals surface area (Å²) >= 11 is 0.766. The predicted octanol–water partition coefficient (Wildman–Crippen LogP) is 2.24. The highest BCUT2D eigenvalue weighted by Gasteiger charge is 2.11. The van der Waals surface area contributed by atoms with Gasteiger partial charge in [0.05, 0.1) is 6.61 Å². The summed E-state index contributed by atoms with van der Waals surface area (Å²) < 4.78 is 8.50. The van der Waals surface area contributed by atoms with Crippen LogP contribution in [0.3, 0.4) is 0 Å². The average Bonchev–Trinajstić information content (AvgIpc) is 2.52. The van der Waals surface area contributed by atoms with Crippen molar-refractivity contribution in [3.63, 3.8) is 0 Å². The molecule has 1 radical (unpaired) electrons. The SMILES string of the molecule is CCCCOC(=O)c1cc([O])sn1. The van der Waals surface area contributed by atoms with Crippen LogP contribution in [0.2, 0.25) is 0 Å². The third kappa shape index (κ3) is 3.02. The Balaban J connectivity index is 2.40. The Labute approximate surface area is 80.3 Å². The van der Waals surface area contributed by atoms with E-state index < -0.39 is 5.97 Å². The second kappa shape index (κ2) is 4.81. The Hall–Kier alpha value is -1.10. The molecule has 0 bridgehead atoms. The van der Waals surface area contributed by atoms with E-state index in [0.717, 1.165) is 24.4 Å². The fraction of sp³-hybridized carbons (Fsp3) is 0.500. The van der Waals surface area contributed by atoms with E-state index >= 15 is 0 Å². The maximum atomic E-state index is 11.1. The molecule has 0 aliphatic carbocycles. The first kappa shape index (κ1) is 9.98. The van der Waals surface area contributed by atoms with Crippen molar-refractivity contribution >= 4 is 17.5 Å². The van der Waals surface area contributed by atoms with E-state index in [1.165, 1.54) is 6.07 Å². The molecular formula is C8H10NO3S. The Morgan fingerprint density at radius 1 is 1.69 bits per heavy atom. The number of carbonyl (C=O) groups excluding carboxylic acids is 1. The molecule has 4 nitrogen and oxygen atoms in total. The van der Waals surface area contributed by atoms with Crippen molar-refractivity contribution in [2.45, 2.75) is 19.8 Å². The number of esters is 1. The van der Waals surface area contributed by atoms with Crippen molar-refractivity contribution in [2.24, 2.45) is 0 Å². The maximum Gasteiger partial charge on any atom is 0.358 e. The van der Waals surface area contributed by atoms with E-state index in [-0.39, 0.29) is 10.8 Å². The zero-order valence-corrected chi connectivity index (χ0v) is 8.10. The molecule has 71 valence electrons.